The van der Waals surface area contributed by atoms with E-state index < -0.39 is 0 Å². The molecule has 0 spiro atoms. The number of rotatable bonds is 3. The standard InChI is InChI=1S/C15H25N5O/c1-15(2,3)20-9-7-19(8-10-20)11-12-5-4-6-13(17-12)14(21)18-16/h4-6H,7-11,16H2,1-3H3,(H,18,21). The van der Waals surface area contributed by atoms with E-state index in [0.717, 1.165) is 38.4 Å². The fraction of sp³-hybridized carbons (Fsp3) is 0.600. The van der Waals surface area contributed by atoms with E-state index >= 15 is 0 Å². The smallest absolute Gasteiger partial charge is 0.283 e. The van der Waals surface area contributed by atoms with Gasteiger partial charge in [0, 0.05) is 38.3 Å². The van der Waals surface area contributed by atoms with E-state index in [-0.39, 0.29) is 11.4 Å². The number of amides is 1. The summed E-state index contributed by atoms with van der Waals surface area (Å²) in [6.45, 7) is 11.7. The van der Waals surface area contributed by atoms with E-state index in [4.69, 9.17) is 5.84 Å². The number of nitrogens with one attached hydrogen (secondary N) is 1. The van der Waals surface area contributed by atoms with E-state index in [9.17, 15) is 4.79 Å². The number of hydrogen-bond acceptors (Lipinski definition) is 5. The Labute approximate surface area is 126 Å². The molecule has 0 radical (unpaired) electrons. The third-order valence-corrected chi connectivity index (χ3v) is 3.88. The van der Waals surface area contributed by atoms with Gasteiger partial charge in [0.05, 0.1) is 5.69 Å². The van der Waals surface area contributed by atoms with Crippen LogP contribution in [0.25, 0.3) is 0 Å². The molecule has 1 aliphatic heterocycles. The van der Waals surface area contributed by atoms with Crippen molar-refractivity contribution in [2.45, 2.75) is 32.9 Å². The molecule has 6 heteroatoms. The van der Waals surface area contributed by atoms with Gasteiger partial charge >= 0.3 is 0 Å². The first-order valence-electron chi connectivity index (χ1n) is 7.34. The molecule has 1 aromatic heterocycles. The molecule has 1 fully saturated rings. The molecule has 3 N–H and O–H groups in total. The summed E-state index contributed by atoms with van der Waals surface area (Å²) in [4.78, 5) is 20.7. The maximum Gasteiger partial charge on any atom is 0.283 e. The molecule has 0 bridgehead atoms. The highest BCUT2D eigenvalue weighted by atomic mass is 16.2. The van der Waals surface area contributed by atoms with Gasteiger partial charge in [-0.05, 0) is 32.9 Å². The monoisotopic (exact) mass is 291 g/mol. The van der Waals surface area contributed by atoms with Crippen LogP contribution in [0.1, 0.15) is 37.0 Å². The average Bonchev–Trinajstić information content (AvgIpc) is 2.46. The number of nitrogens with zero attached hydrogens (tertiary/aromatic N) is 3. The summed E-state index contributed by atoms with van der Waals surface area (Å²) in [7, 11) is 0. The minimum atomic E-state index is -0.352. The van der Waals surface area contributed by atoms with E-state index in [0.29, 0.717) is 5.69 Å². The van der Waals surface area contributed by atoms with Crippen LogP contribution in [0.15, 0.2) is 18.2 Å². The van der Waals surface area contributed by atoms with Crippen molar-refractivity contribution in [1.82, 2.24) is 20.2 Å². The van der Waals surface area contributed by atoms with Crippen LogP contribution < -0.4 is 11.3 Å². The third-order valence-electron chi connectivity index (χ3n) is 3.88. The van der Waals surface area contributed by atoms with E-state index in [1.165, 1.54) is 0 Å². The van der Waals surface area contributed by atoms with E-state index in [1.807, 2.05) is 12.1 Å². The Morgan fingerprint density at radius 2 is 1.95 bits per heavy atom. The van der Waals surface area contributed by atoms with Crippen molar-refractivity contribution < 1.29 is 4.79 Å². The topological polar surface area (TPSA) is 74.5 Å². The van der Waals surface area contributed by atoms with Crippen molar-refractivity contribution in [1.29, 1.82) is 0 Å². The van der Waals surface area contributed by atoms with Gasteiger partial charge in [-0.3, -0.25) is 20.0 Å². The fourth-order valence-corrected chi connectivity index (χ4v) is 2.57. The molecular weight excluding hydrogens is 266 g/mol. The fourth-order valence-electron chi connectivity index (χ4n) is 2.57. The summed E-state index contributed by atoms with van der Waals surface area (Å²) in [5, 5.41) is 0. The van der Waals surface area contributed by atoms with Gasteiger partial charge in [-0.15, -0.1) is 0 Å². The lowest BCUT2D eigenvalue weighted by molar-refractivity contribution is 0.0585. The van der Waals surface area contributed by atoms with Gasteiger partial charge in [0.25, 0.3) is 5.91 Å². The number of piperazine rings is 1. The summed E-state index contributed by atoms with van der Waals surface area (Å²) in [6, 6.07) is 5.46. The molecule has 1 amide bonds. The third kappa shape index (κ3) is 4.23. The van der Waals surface area contributed by atoms with Crippen molar-refractivity contribution in [3.63, 3.8) is 0 Å². The second kappa shape index (κ2) is 6.51. The summed E-state index contributed by atoms with van der Waals surface area (Å²) in [5.74, 6) is 4.79. The van der Waals surface area contributed by atoms with Gasteiger partial charge < -0.3 is 0 Å². The van der Waals surface area contributed by atoms with Crippen LogP contribution >= 0.6 is 0 Å². The lowest BCUT2D eigenvalue weighted by Crippen LogP contribution is -2.53. The molecule has 0 atom stereocenters. The molecule has 1 aliphatic rings. The van der Waals surface area contributed by atoms with Gasteiger partial charge in [-0.2, -0.15) is 0 Å². The SMILES string of the molecule is CC(C)(C)N1CCN(Cc2cccc(C(=O)NN)n2)CC1. The van der Waals surface area contributed by atoms with Crippen molar-refractivity contribution >= 4 is 5.91 Å². The second-order valence-corrected chi connectivity index (χ2v) is 6.42. The molecule has 116 valence electrons. The molecule has 1 aromatic rings. The zero-order chi connectivity index (χ0) is 15.5. The molecule has 21 heavy (non-hydrogen) atoms. The molecule has 6 nitrogen and oxygen atoms in total. The number of nitrogens with two attached hydrogens (primary N) is 1. The van der Waals surface area contributed by atoms with E-state index in [1.54, 1.807) is 6.07 Å². The lowest BCUT2D eigenvalue weighted by atomic mass is 10.0. The minimum absolute atomic E-state index is 0.226. The van der Waals surface area contributed by atoms with Gasteiger partial charge in [0.2, 0.25) is 0 Å². The first-order valence-corrected chi connectivity index (χ1v) is 7.34. The van der Waals surface area contributed by atoms with Gasteiger partial charge in [0.1, 0.15) is 5.69 Å². The van der Waals surface area contributed by atoms with Crippen molar-refractivity contribution in [2.24, 2.45) is 5.84 Å². The quantitative estimate of drug-likeness (QED) is 0.485. The molecule has 2 rings (SSSR count). The van der Waals surface area contributed by atoms with Gasteiger partial charge in [0.15, 0.2) is 0 Å². The number of carbonyl (C=O) groups is 1. The largest absolute Gasteiger partial charge is 0.296 e. The van der Waals surface area contributed by atoms with Crippen molar-refractivity contribution in [3.8, 4) is 0 Å². The molecule has 2 heterocycles. The Kier molecular flexibility index (Phi) is 4.92. The summed E-state index contributed by atoms with van der Waals surface area (Å²) in [5.41, 5.74) is 3.61. The molecule has 1 saturated heterocycles. The molecule has 0 unspecified atom stereocenters. The Morgan fingerprint density at radius 1 is 1.29 bits per heavy atom. The number of hydrazine groups is 1. The minimum Gasteiger partial charge on any atom is -0.296 e. The maximum absolute atomic E-state index is 11.5. The molecular formula is C15H25N5O. The Balaban J connectivity index is 1.93. The van der Waals surface area contributed by atoms with Crippen LogP contribution in [-0.2, 0) is 6.54 Å². The molecule has 0 aromatic carbocycles. The number of nitrogen functional groups attached to an aromatic ring is 1. The van der Waals surface area contributed by atoms with Gasteiger partial charge in [-0.1, -0.05) is 6.07 Å². The van der Waals surface area contributed by atoms with E-state index in [2.05, 4.69) is 41.0 Å². The number of pyridine rings is 1. The van der Waals surface area contributed by atoms with Crippen LogP contribution in [0.3, 0.4) is 0 Å². The van der Waals surface area contributed by atoms with Crippen LogP contribution in [0.5, 0.6) is 0 Å². The lowest BCUT2D eigenvalue weighted by Gasteiger charge is -2.42. The Bertz CT molecular complexity index is 489. The van der Waals surface area contributed by atoms with Crippen LogP contribution in [0.2, 0.25) is 0 Å². The van der Waals surface area contributed by atoms with Gasteiger partial charge in [-0.25, -0.2) is 10.8 Å². The molecule has 0 aliphatic carbocycles. The number of hydrogen-bond donors (Lipinski definition) is 2. The highest BCUT2D eigenvalue weighted by molar-refractivity contribution is 5.91. The number of aromatic nitrogens is 1. The zero-order valence-electron chi connectivity index (χ0n) is 13.1. The zero-order valence-corrected chi connectivity index (χ0v) is 13.1. The van der Waals surface area contributed by atoms with Crippen LogP contribution in [0.4, 0.5) is 0 Å². The Hall–Kier alpha value is -1.50. The Morgan fingerprint density at radius 3 is 2.52 bits per heavy atom. The summed E-state index contributed by atoms with van der Waals surface area (Å²) >= 11 is 0. The van der Waals surface area contributed by atoms with Crippen LogP contribution in [-0.4, -0.2) is 52.4 Å². The van der Waals surface area contributed by atoms with Crippen LogP contribution in [0, 0.1) is 0 Å². The average molecular weight is 291 g/mol. The second-order valence-electron chi connectivity index (χ2n) is 6.42. The predicted molar refractivity (Wildman–Crippen MR) is 82.5 cm³/mol. The molecule has 0 saturated carbocycles. The summed E-state index contributed by atoms with van der Waals surface area (Å²) in [6.07, 6.45) is 0. The highest BCUT2D eigenvalue weighted by Crippen LogP contribution is 2.16. The van der Waals surface area contributed by atoms with Crippen molar-refractivity contribution in [2.75, 3.05) is 26.2 Å². The number of carbonyl (C=O) groups excluding carboxylic acids is 1. The highest BCUT2D eigenvalue weighted by Gasteiger charge is 2.25. The van der Waals surface area contributed by atoms with Crippen molar-refractivity contribution in [3.05, 3.63) is 29.6 Å². The first-order chi connectivity index (χ1) is 9.90. The predicted octanol–water partition coefficient (Wildman–Crippen LogP) is 0.601. The maximum atomic E-state index is 11.5. The first kappa shape index (κ1) is 15.9. The summed E-state index contributed by atoms with van der Waals surface area (Å²) < 4.78 is 0. The normalized spacial score (nSPS) is 17.7.